The Kier molecular flexibility index (Phi) is 7.18. The van der Waals surface area contributed by atoms with Gasteiger partial charge in [-0.15, -0.1) is 0 Å². The third-order valence-electron chi connectivity index (χ3n) is 4.96. The normalized spacial score (nSPS) is 12.3. The van der Waals surface area contributed by atoms with Crippen LogP contribution < -0.4 is 10.5 Å². The number of hydrogen-bond donors (Lipinski definition) is 1. The summed E-state index contributed by atoms with van der Waals surface area (Å²) >= 11 is 0. The quantitative estimate of drug-likeness (QED) is 0.499. The van der Waals surface area contributed by atoms with Gasteiger partial charge in [0.2, 0.25) is 0 Å². The van der Waals surface area contributed by atoms with Crippen LogP contribution in [0, 0.1) is 6.92 Å². The number of anilines is 1. The van der Waals surface area contributed by atoms with E-state index in [0.29, 0.717) is 22.6 Å². The summed E-state index contributed by atoms with van der Waals surface area (Å²) in [7, 11) is 0.669. The summed E-state index contributed by atoms with van der Waals surface area (Å²) in [5.74, 6) is 0.600. The van der Waals surface area contributed by atoms with Gasteiger partial charge >= 0.3 is 0 Å². The maximum absolute atomic E-state index is 11.5. The second-order valence-corrected chi connectivity index (χ2v) is 9.79. The number of ether oxygens (including phenoxy) is 1. The Bertz CT molecular complexity index is 1360. The fraction of sp³-hybridized carbons (Fsp3) is 0.200. The van der Waals surface area contributed by atoms with Crippen molar-refractivity contribution in [1.82, 2.24) is 14.9 Å². The molecule has 0 amide bonds. The fourth-order valence-corrected chi connectivity index (χ4v) is 3.84. The molecule has 0 aliphatic carbocycles. The van der Waals surface area contributed by atoms with E-state index in [0.717, 1.165) is 39.5 Å². The highest BCUT2D eigenvalue weighted by Gasteiger charge is 2.14. The second-order valence-electron chi connectivity index (χ2n) is 7.86. The molecule has 0 bridgehead atoms. The predicted octanol–water partition coefficient (Wildman–Crippen LogP) is 4.20. The van der Waals surface area contributed by atoms with Crippen molar-refractivity contribution in [3.8, 4) is 5.75 Å². The smallest absolute Gasteiger partial charge is 0.168 e. The first kappa shape index (κ1) is 24.0. The highest BCUT2D eigenvalue weighted by atomic mass is 32.2. The Labute approximate surface area is 194 Å². The Morgan fingerprint density at radius 2 is 2.03 bits per heavy atom. The summed E-state index contributed by atoms with van der Waals surface area (Å²) in [4.78, 5) is 10.8. The Hall–Kier alpha value is -3.65. The zero-order valence-electron chi connectivity index (χ0n) is 19.2. The molecule has 0 spiro atoms. The molecule has 0 aliphatic rings. The van der Waals surface area contributed by atoms with Crippen LogP contribution in [0.4, 0.5) is 5.69 Å². The largest absolute Gasteiger partial charge is 0.487 e. The van der Waals surface area contributed by atoms with E-state index < -0.39 is 9.84 Å². The van der Waals surface area contributed by atoms with Crippen molar-refractivity contribution in [2.24, 2.45) is 0 Å². The highest BCUT2D eigenvalue weighted by Crippen LogP contribution is 2.32. The van der Waals surface area contributed by atoms with Crippen molar-refractivity contribution < 1.29 is 13.2 Å². The molecule has 33 heavy (non-hydrogen) atoms. The molecule has 0 aliphatic heterocycles. The van der Waals surface area contributed by atoms with Crippen LogP contribution in [0.15, 0.2) is 60.8 Å². The van der Waals surface area contributed by atoms with Gasteiger partial charge in [-0.2, -0.15) is 0 Å². The molecular formula is C25H28N4O3S. The summed E-state index contributed by atoms with van der Waals surface area (Å²) in [6.07, 6.45) is 9.40. The molecule has 8 heteroatoms. The molecule has 3 rings (SSSR count). The number of fused-ring (bicyclic) bond motifs is 1. The van der Waals surface area contributed by atoms with Crippen molar-refractivity contribution in [3.63, 3.8) is 0 Å². The van der Waals surface area contributed by atoms with Crippen molar-refractivity contribution >= 4 is 38.2 Å². The van der Waals surface area contributed by atoms with Gasteiger partial charge < -0.3 is 15.4 Å². The Balaban J connectivity index is 2.05. The SMILES string of the molecule is C=C/C=C(/c1cc(C)nc2c(OCc3c(N)cncc3/C=C/S(C)(=O)=O)cccc12)N(C)C. The molecule has 0 atom stereocenters. The van der Waals surface area contributed by atoms with E-state index in [2.05, 4.69) is 11.6 Å². The average Bonchev–Trinajstić information content (AvgIpc) is 2.74. The Morgan fingerprint density at radius 1 is 1.27 bits per heavy atom. The number of nitrogens with two attached hydrogens (primary N) is 1. The lowest BCUT2D eigenvalue weighted by Gasteiger charge is -2.20. The highest BCUT2D eigenvalue weighted by molar-refractivity contribution is 7.93. The summed E-state index contributed by atoms with van der Waals surface area (Å²) < 4.78 is 29.3. The predicted molar refractivity (Wildman–Crippen MR) is 135 cm³/mol. The van der Waals surface area contributed by atoms with E-state index in [1.54, 1.807) is 12.3 Å². The minimum absolute atomic E-state index is 0.130. The van der Waals surface area contributed by atoms with Crippen molar-refractivity contribution in [2.75, 3.05) is 26.1 Å². The van der Waals surface area contributed by atoms with Crippen LogP contribution in [-0.2, 0) is 16.4 Å². The van der Waals surface area contributed by atoms with E-state index >= 15 is 0 Å². The van der Waals surface area contributed by atoms with Gasteiger partial charge in [-0.3, -0.25) is 4.98 Å². The molecule has 0 radical (unpaired) electrons. The Morgan fingerprint density at radius 3 is 2.70 bits per heavy atom. The molecule has 2 aromatic heterocycles. The van der Waals surface area contributed by atoms with Gasteiger partial charge in [-0.1, -0.05) is 24.8 Å². The topological polar surface area (TPSA) is 98.4 Å². The first-order valence-corrected chi connectivity index (χ1v) is 12.2. The van der Waals surface area contributed by atoms with E-state index in [1.807, 2.05) is 56.3 Å². The third-order valence-corrected chi connectivity index (χ3v) is 5.59. The standard InChI is InChI=1S/C25H28N4O3S/c1-6-8-23(29(3)4)20-13-17(2)28-25-19(20)9-7-10-24(25)32-16-21-18(11-12-33(5,30)31)14-27-15-22(21)26/h6-15H,1,16,26H2,2-5H3/b12-11+,23-8-. The number of allylic oxidation sites excluding steroid dienone is 2. The van der Waals surface area contributed by atoms with Crippen LogP contribution in [0.5, 0.6) is 5.75 Å². The van der Waals surface area contributed by atoms with E-state index in [-0.39, 0.29) is 6.61 Å². The lowest BCUT2D eigenvalue weighted by atomic mass is 10.0. The molecule has 2 N–H and O–H groups in total. The van der Waals surface area contributed by atoms with Crippen LogP contribution in [-0.4, -0.2) is 43.6 Å². The summed E-state index contributed by atoms with van der Waals surface area (Å²) in [6.45, 7) is 5.90. The maximum atomic E-state index is 11.5. The number of pyridine rings is 2. The minimum Gasteiger partial charge on any atom is -0.487 e. The fourth-order valence-electron chi connectivity index (χ4n) is 3.45. The molecule has 0 unspecified atom stereocenters. The third kappa shape index (κ3) is 5.78. The van der Waals surface area contributed by atoms with Gasteiger partial charge in [0, 0.05) is 65.4 Å². The molecule has 7 nitrogen and oxygen atoms in total. The van der Waals surface area contributed by atoms with E-state index in [9.17, 15) is 8.42 Å². The van der Waals surface area contributed by atoms with E-state index in [4.69, 9.17) is 15.5 Å². The molecule has 0 saturated carbocycles. The van der Waals surface area contributed by atoms with Crippen LogP contribution in [0.2, 0.25) is 0 Å². The van der Waals surface area contributed by atoms with Gasteiger partial charge in [0.15, 0.2) is 9.84 Å². The number of para-hydroxylation sites is 1. The van der Waals surface area contributed by atoms with Crippen molar-refractivity contribution in [3.05, 3.63) is 83.2 Å². The van der Waals surface area contributed by atoms with Gasteiger partial charge in [-0.05, 0) is 31.2 Å². The molecule has 3 aromatic rings. The summed E-state index contributed by atoms with van der Waals surface area (Å²) in [6, 6.07) is 7.82. The molecule has 0 saturated heterocycles. The minimum atomic E-state index is -3.29. The van der Waals surface area contributed by atoms with Crippen molar-refractivity contribution in [2.45, 2.75) is 13.5 Å². The summed E-state index contributed by atoms with van der Waals surface area (Å²) in [5.41, 5.74) is 11.4. The van der Waals surface area contributed by atoms with Crippen LogP contribution >= 0.6 is 0 Å². The van der Waals surface area contributed by atoms with E-state index in [1.165, 1.54) is 12.3 Å². The molecule has 2 heterocycles. The number of nitrogen functional groups attached to an aromatic ring is 1. The number of sulfone groups is 1. The number of hydrogen-bond acceptors (Lipinski definition) is 7. The number of aromatic nitrogens is 2. The molecule has 1 aromatic carbocycles. The van der Waals surface area contributed by atoms with Crippen LogP contribution in [0.25, 0.3) is 22.7 Å². The van der Waals surface area contributed by atoms with Crippen LogP contribution in [0.3, 0.4) is 0 Å². The molecule has 172 valence electrons. The summed E-state index contributed by atoms with van der Waals surface area (Å²) in [5, 5.41) is 2.07. The average molecular weight is 465 g/mol. The lowest BCUT2D eigenvalue weighted by molar-refractivity contribution is 0.309. The molecular weight excluding hydrogens is 436 g/mol. The zero-order chi connectivity index (χ0) is 24.2. The van der Waals surface area contributed by atoms with Gasteiger partial charge in [0.1, 0.15) is 17.9 Å². The number of rotatable bonds is 8. The zero-order valence-corrected chi connectivity index (χ0v) is 20.1. The number of aryl methyl sites for hydroxylation is 1. The van der Waals surface area contributed by atoms with Gasteiger partial charge in [0.05, 0.1) is 11.9 Å². The maximum Gasteiger partial charge on any atom is 0.168 e. The number of nitrogens with zero attached hydrogens (tertiary/aromatic N) is 3. The van der Waals surface area contributed by atoms with Crippen molar-refractivity contribution in [1.29, 1.82) is 0 Å². The van der Waals surface area contributed by atoms with Gasteiger partial charge in [0.25, 0.3) is 0 Å². The second kappa shape index (κ2) is 9.87. The molecule has 0 fully saturated rings. The number of benzene rings is 1. The van der Waals surface area contributed by atoms with Gasteiger partial charge in [-0.25, -0.2) is 13.4 Å². The monoisotopic (exact) mass is 464 g/mol. The first-order chi connectivity index (χ1) is 15.6. The first-order valence-electron chi connectivity index (χ1n) is 10.2. The van der Waals surface area contributed by atoms with Crippen LogP contribution in [0.1, 0.15) is 22.4 Å². The lowest BCUT2D eigenvalue weighted by Crippen LogP contribution is -2.11.